The number of aliphatic carboxylic acids is 1. The number of hydrogen-bond donors (Lipinski definition) is 2. The van der Waals surface area contributed by atoms with E-state index >= 15 is 0 Å². The molecule has 0 saturated heterocycles. The van der Waals surface area contributed by atoms with Gasteiger partial charge in [-0.3, -0.25) is 14.4 Å². The molecular weight excluding hydrogens is 636 g/mol. The van der Waals surface area contributed by atoms with Crippen LogP contribution < -0.4 is 19.5 Å². The van der Waals surface area contributed by atoms with Gasteiger partial charge in [0.05, 0.1) is 25.7 Å². The molecule has 2 N–H and O–H groups in total. The number of amides is 2. The summed E-state index contributed by atoms with van der Waals surface area (Å²) in [5.74, 6) is -0.803. The van der Waals surface area contributed by atoms with Gasteiger partial charge in [0.2, 0.25) is 5.91 Å². The highest BCUT2D eigenvalue weighted by molar-refractivity contribution is 5.97. The first kappa shape index (κ1) is 37.2. The lowest BCUT2D eigenvalue weighted by atomic mass is 10.1. The van der Waals surface area contributed by atoms with Gasteiger partial charge in [-0.1, -0.05) is 56.9 Å². The van der Waals surface area contributed by atoms with Crippen molar-refractivity contribution in [3.8, 4) is 17.2 Å². The number of methoxy groups -OCH3 is 1. The van der Waals surface area contributed by atoms with Gasteiger partial charge in [0.25, 0.3) is 5.91 Å². The van der Waals surface area contributed by atoms with Crippen LogP contribution in [-0.2, 0) is 22.6 Å². The molecule has 4 rings (SSSR count). The molecule has 0 aliphatic rings. The number of nitrogens with one attached hydrogen (secondary N) is 1. The van der Waals surface area contributed by atoms with Crippen LogP contribution in [0.2, 0.25) is 0 Å². The van der Waals surface area contributed by atoms with Gasteiger partial charge in [-0.2, -0.15) is 0 Å². The Bertz CT molecular complexity index is 1740. The Labute approximate surface area is 293 Å². The summed E-state index contributed by atoms with van der Waals surface area (Å²) in [6, 6.07) is 25.2. The molecule has 0 atom stereocenters. The second kappa shape index (κ2) is 18.8. The molecule has 0 radical (unpaired) electrons. The number of carboxylic acid groups (broad SMARTS) is 1. The van der Waals surface area contributed by atoms with E-state index in [0.717, 1.165) is 24.0 Å². The second-order valence-electron chi connectivity index (χ2n) is 12.0. The summed E-state index contributed by atoms with van der Waals surface area (Å²) < 4.78 is 16.7. The summed E-state index contributed by atoms with van der Waals surface area (Å²) in [5, 5.41) is 12.3. The molecule has 0 heterocycles. The van der Waals surface area contributed by atoms with Crippen molar-refractivity contribution in [3.05, 3.63) is 119 Å². The van der Waals surface area contributed by atoms with Crippen LogP contribution >= 0.6 is 0 Å². The number of ether oxygens (including phenoxy) is 3. The Kier molecular flexibility index (Phi) is 14.0. The molecule has 4 aromatic rings. The number of rotatable bonds is 18. The van der Waals surface area contributed by atoms with Crippen LogP contribution in [-0.4, -0.2) is 54.0 Å². The minimum absolute atomic E-state index is 0.0102. The minimum Gasteiger partial charge on any atom is -0.496 e. The number of hydrogen-bond acceptors (Lipinski definition) is 7. The molecule has 4 aromatic carbocycles. The maximum Gasteiger partial charge on any atom is 0.343 e. The van der Waals surface area contributed by atoms with Gasteiger partial charge in [0.15, 0.2) is 0 Å². The summed E-state index contributed by atoms with van der Waals surface area (Å²) in [4.78, 5) is 51.6. The van der Waals surface area contributed by atoms with Crippen molar-refractivity contribution < 1.29 is 38.5 Å². The first-order chi connectivity index (χ1) is 24.1. The van der Waals surface area contributed by atoms with Crippen molar-refractivity contribution >= 4 is 29.4 Å². The highest BCUT2D eigenvalue weighted by Gasteiger charge is 2.20. The molecular formula is C40H44N2O8. The number of benzene rings is 4. The average molecular weight is 681 g/mol. The van der Waals surface area contributed by atoms with E-state index in [1.54, 1.807) is 67.8 Å². The fourth-order valence-corrected chi connectivity index (χ4v) is 5.25. The number of carboxylic acids is 1. The number of esters is 1. The van der Waals surface area contributed by atoms with Gasteiger partial charge in [0.1, 0.15) is 23.8 Å². The van der Waals surface area contributed by atoms with E-state index in [0.29, 0.717) is 40.7 Å². The molecule has 0 aliphatic carbocycles. The quantitative estimate of drug-likeness (QED) is 0.0628. The molecule has 10 nitrogen and oxygen atoms in total. The molecule has 10 heteroatoms. The third kappa shape index (κ3) is 11.5. The number of nitrogens with zero attached hydrogens (tertiary/aromatic N) is 1. The fraction of sp³-hybridized carbons (Fsp3) is 0.300. The zero-order valence-electron chi connectivity index (χ0n) is 28.8. The lowest BCUT2D eigenvalue weighted by Crippen LogP contribution is -2.35. The van der Waals surface area contributed by atoms with Crippen molar-refractivity contribution in [1.82, 2.24) is 4.90 Å². The lowest BCUT2D eigenvalue weighted by molar-refractivity contribution is -0.137. The van der Waals surface area contributed by atoms with E-state index in [1.165, 1.54) is 36.3 Å². The third-order valence-electron chi connectivity index (χ3n) is 7.94. The molecule has 0 saturated carbocycles. The number of aryl methyl sites for hydroxylation is 1. The predicted molar refractivity (Wildman–Crippen MR) is 191 cm³/mol. The van der Waals surface area contributed by atoms with E-state index in [2.05, 4.69) is 12.2 Å². The lowest BCUT2D eigenvalue weighted by Gasteiger charge is -2.21. The zero-order chi connectivity index (χ0) is 35.9. The van der Waals surface area contributed by atoms with Gasteiger partial charge in [-0.25, -0.2) is 4.79 Å². The van der Waals surface area contributed by atoms with E-state index < -0.39 is 24.4 Å². The summed E-state index contributed by atoms with van der Waals surface area (Å²) in [6.45, 7) is 4.24. The molecule has 0 spiro atoms. The Morgan fingerprint density at radius 3 is 2.10 bits per heavy atom. The smallest absolute Gasteiger partial charge is 0.343 e. The summed E-state index contributed by atoms with van der Waals surface area (Å²) in [7, 11) is 1.56. The highest BCUT2D eigenvalue weighted by Crippen LogP contribution is 2.22. The van der Waals surface area contributed by atoms with Crippen LogP contribution in [0, 0.1) is 6.92 Å². The largest absolute Gasteiger partial charge is 0.496 e. The van der Waals surface area contributed by atoms with Gasteiger partial charge in [-0.15, -0.1) is 0 Å². The standard InChI is InChI=1S/C40H44N2O8/c1-4-5-6-7-8-23-49-34-21-15-31(16-22-34)40(47)50-35-19-10-29(11-20-35)26-42(27-38(44)45)39(46)30-13-17-33(18-14-30)41-37(43)25-32-12-9-28(2)24-36(32)48-3/h9-22,24H,4-8,23,25-27H2,1-3H3,(H,41,43)(H,44,45). The monoisotopic (exact) mass is 680 g/mol. The maximum absolute atomic E-state index is 13.3. The molecule has 262 valence electrons. The van der Waals surface area contributed by atoms with Crippen LogP contribution in [0.25, 0.3) is 0 Å². The Morgan fingerprint density at radius 2 is 1.44 bits per heavy atom. The molecule has 0 aromatic heterocycles. The fourth-order valence-electron chi connectivity index (χ4n) is 5.25. The van der Waals surface area contributed by atoms with E-state index in [4.69, 9.17) is 14.2 Å². The molecule has 0 fully saturated rings. The number of carbonyl (C=O) groups excluding carboxylic acids is 3. The van der Waals surface area contributed by atoms with Gasteiger partial charge in [-0.05, 0) is 91.2 Å². The Hall–Kier alpha value is -5.64. The second-order valence-corrected chi connectivity index (χ2v) is 12.0. The third-order valence-corrected chi connectivity index (χ3v) is 7.94. The van der Waals surface area contributed by atoms with Crippen LogP contribution in [0.3, 0.4) is 0 Å². The number of carbonyl (C=O) groups is 4. The molecule has 2 amide bonds. The Balaban J connectivity index is 1.30. The average Bonchev–Trinajstić information content (AvgIpc) is 3.11. The Morgan fingerprint density at radius 1 is 0.780 bits per heavy atom. The van der Waals surface area contributed by atoms with Crippen molar-refractivity contribution in [2.45, 2.75) is 58.9 Å². The van der Waals surface area contributed by atoms with Gasteiger partial charge < -0.3 is 29.5 Å². The first-order valence-electron chi connectivity index (χ1n) is 16.7. The summed E-state index contributed by atoms with van der Waals surface area (Å²) in [5.41, 5.74) is 3.54. The summed E-state index contributed by atoms with van der Waals surface area (Å²) in [6.07, 6.45) is 5.86. The van der Waals surface area contributed by atoms with Crippen molar-refractivity contribution in [2.75, 3.05) is 25.6 Å². The van der Waals surface area contributed by atoms with Crippen molar-refractivity contribution in [3.63, 3.8) is 0 Å². The van der Waals surface area contributed by atoms with Gasteiger partial charge in [0, 0.05) is 23.4 Å². The number of anilines is 1. The van der Waals surface area contributed by atoms with Crippen LogP contribution in [0.1, 0.15) is 76.4 Å². The normalized spacial score (nSPS) is 10.6. The predicted octanol–water partition coefficient (Wildman–Crippen LogP) is 7.48. The van der Waals surface area contributed by atoms with E-state index in [9.17, 15) is 24.3 Å². The minimum atomic E-state index is -1.16. The molecule has 0 bridgehead atoms. The number of unbranched alkanes of at least 4 members (excludes halogenated alkanes) is 4. The van der Waals surface area contributed by atoms with Crippen molar-refractivity contribution in [2.24, 2.45) is 0 Å². The summed E-state index contributed by atoms with van der Waals surface area (Å²) >= 11 is 0. The van der Waals surface area contributed by atoms with E-state index in [1.807, 2.05) is 25.1 Å². The van der Waals surface area contributed by atoms with Crippen LogP contribution in [0.4, 0.5) is 5.69 Å². The van der Waals surface area contributed by atoms with Crippen LogP contribution in [0.15, 0.2) is 91.0 Å². The topological polar surface area (TPSA) is 131 Å². The van der Waals surface area contributed by atoms with Crippen molar-refractivity contribution in [1.29, 1.82) is 0 Å². The molecule has 0 aliphatic heterocycles. The van der Waals surface area contributed by atoms with Gasteiger partial charge >= 0.3 is 11.9 Å². The molecule has 50 heavy (non-hydrogen) atoms. The van der Waals surface area contributed by atoms with E-state index in [-0.39, 0.29) is 24.4 Å². The maximum atomic E-state index is 13.3. The van der Waals surface area contributed by atoms with Crippen LogP contribution in [0.5, 0.6) is 17.2 Å². The first-order valence-corrected chi connectivity index (χ1v) is 16.7. The highest BCUT2D eigenvalue weighted by atomic mass is 16.5. The zero-order valence-corrected chi connectivity index (χ0v) is 28.8. The molecule has 0 unspecified atom stereocenters. The SMILES string of the molecule is CCCCCCCOc1ccc(C(=O)Oc2ccc(CN(CC(=O)O)C(=O)c3ccc(NC(=O)Cc4ccc(C)cc4OC)cc3)cc2)cc1.